The number of alkyl halides is 3. The van der Waals surface area contributed by atoms with Gasteiger partial charge in [0, 0.05) is 51.3 Å². The van der Waals surface area contributed by atoms with E-state index in [-0.39, 0.29) is 18.3 Å². The van der Waals surface area contributed by atoms with E-state index in [0.29, 0.717) is 43.9 Å². The summed E-state index contributed by atoms with van der Waals surface area (Å²) in [4.78, 5) is 17.1. The van der Waals surface area contributed by atoms with Crippen molar-refractivity contribution in [2.24, 2.45) is 0 Å². The fourth-order valence-electron chi connectivity index (χ4n) is 4.23. The van der Waals surface area contributed by atoms with E-state index in [0.717, 1.165) is 17.7 Å². The highest BCUT2D eigenvalue weighted by atomic mass is 32.2. The van der Waals surface area contributed by atoms with Gasteiger partial charge in [0.2, 0.25) is 0 Å². The van der Waals surface area contributed by atoms with Crippen LogP contribution in [0.15, 0.2) is 53.4 Å². The third-order valence-electron chi connectivity index (χ3n) is 6.00. The van der Waals surface area contributed by atoms with E-state index in [9.17, 15) is 26.4 Å². The zero-order chi connectivity index (χ0) is 25.6. The van der Waals surface area contributed by atoms with Gasteiger partial charge in [-0.3, -0.25) is 4.90 Å². The van der Waals surface area contributed by atoms with E-state index in [1.165, 1.54) is 25.5 Å². The maximum absolute atomic E-state index is 13.0. The number of anilines is 1. The Kier molecular flexibility index (Phi) is 8.79. The van der Waals surface area contributed by atoms with Gasteiger partial charge in [-0.25, -0.2) is 13.2 Å². The number of ether oxygens (including phenoxy) is 1. The van der Waals surface area contributed by atoms with Gasteiger partial charge in [-0.1, -0.05) is 24.3 Å². The predicted octanol–water partition coefficient (Wildman–Crippen LogP) is 4.25. The summed E-state index contributed by atoms with van der Waals surface area (Å²) in [5.74, 6) is 0. The number of urea groups is 1. The molecule has 1 fully saturated rings. The van der Waals surface area contributed by atoms with Crippen LogP contribution < -0.4 is 5.32 Å². The molecule has 2 amide bonds. The molecule has 1 saturated heterocycles. The van der Waals surface area contributed by atoms with Crippen LogP contribution in [-0.4, -0.2) is 69.9 Å². The zero-order valence-electron chi connectivity index (χ0n) is 19.7. The highest BCUT2D eigenvalue weighted by molar-refractivity contribution is 7.90. The van der Waals surface area contributed by atoms with E-state index in [1.807, 2.05) is 0 Å². The van der Waals surface area contributed by atoms with E-state index < -0.39 is 27.6 Å². The van der Waals surface area contributed by atoms with Gasteiger partial charge in [0.25, 0.3) is 0 Å². The molecule has 3 rings (SSSR count). The monoisotopic (exact) mass is 513 g/mol. The van der Waals surface area contributed by atoms with E-state index >= 15 is 0 Å². The molecule has 7 nitrogen and oxygen atoms in total. The molecule has 0 bridgehead atoms. The average Bonchev–Trinajstić information content (AvgIpc) is 2.79. The normalized spacial score (nSPS) is 15.7. The van der Waals surface area contributed by atoms with Crippen molar-refractivity contribution in [2.75, 3.05) is 44.9 Å². The Morgan fingerprint density at radius 2 is 1.83 bits per heavy atom. The Hall–Kier alpha value is -2.63. The Bertz CT molecular complexity index is 1120. The van der Waals surface area contributed by atoms with Crippen LogP contribution >= 0.6 is 0 Å². The van der Waals surface area contributed by atoms with Crippen LogP contribution in [0.4, 0.5) is 23.7 Å². The van der Waals surface area contributed by atoms with Crippen LogP contribution in [0, 0.1) is 0 Å². The number of amides is 2. The number of nitrogens with zero attached hydrogens (tertiary/aromatic N) is 2. The van der Waals surface area contributed by atoms with Crippen molar-refractivity contribution in [1.82, 2.24) is 9.80 Å². The Morgan fingerprint density at radius 3 is 2.46 bits per heavy atom. The highest BCUT2D eigenvalue weighted by Crippen LogP contribution is 2.31. The lowest BCUT2D eigenvalue weighted by molar-refractivity contribution is -0.137. The number of carbonyl (C=O) groups is 1. The number of methoxy groups -OCH3 is 1. The maximum Gasteiger partial charge on any atom is 0.416 e. The molecule has 1 heterocycles. The van der Waals surface area contributed by atoms with Gasteiger partial charge >= 0.3 is 12.2 Å². The molecular formula is C24H30F3N3O4S. The number of piperidine rings is 1. The van der Waals surface area contributed by atoms with Gasteiger partial charge in [0.05, 0.1) is 17.1 Å². The Labute approximate surface area is 203 Å². The predicted molar refractivity (Wildman–Crippen MR) is 127 cm³/mol. The molecule has 0 radical (unpaired) electrons. The molecule has 0 aliphatic carbocycles. The zero-order valence-corrected chi connectivity index (χ0v) is 20.5. The highest BCUT2D eigenvalue weighted by Gasteiger charge is 2.31. The molecule has 35 heavy (non-hydrogen) atoms. The number of hydrogen-bond acceptors (Lipinski definition) is 5. The van der Waals surface area contributed by atoms with E-state index in [2.05, 4.69) is 10.2 Å². The first-order valence-electron chi connectivity index (χ1n) is 11.2. The topological polar surface area (TPSA) is 79.0 Å². The molecule has 0 aromatic heterocycles. The summed E-state index contributed by atoms with van der Waals surface area (Å²) >= 11 is 0. The van der Waals surface area contributed by atoms with Crippen LogP contribution in [0.3, 0.4) is 0 Å². The molecule has 0 unspecified atom stereocenters. The molecule has 1 aliphatic rings. The van der Waals surface area contributed by atoms with Gasteiger partial charge in [-0.15, -0.1) is 0 Å². The van der Waals surface area contributed by atoms with Crippen molar-refractivity contribution in [3.8, 4) is 0 Å². The molecule has 0 atom stereocenters. The van der Waals surface area contributed by atoms with Crippen molar-refractivity contribution in [3.63, 3.8) is 0 Å². The SMILES string of the molecule is COCCN(C(=O)Nc1cccc(C(F)(F)F)c1)C1CCN(Cc2ccccc2S(C)(=O)=O)CC1. The number of benzene rings is 2. The summed E-state index contributed by atoms with van der Waals surface area (Å²) in [7, 11) is -1.83. The van der Waals surface area contributed by atoms with Crippen LogP contribution in [0.1, 0.15) is 24.0 Å². The second-order valence-corrected chi connectivity index (χ2v) is 10.6. The smallest absolute Gasteiger partial charge is 0.383 e. The number of rotatable bonds is 8. The third-order valence-corrected chi connectivity index (χ3v) is 7.20. The molecule has 0 spiro atoms. The van der Waals surface area contributed by atoms with Crippen LogP contribution in [0.5, 0.6) is 0 Å². The van der Waals surface area contributed by atoms with Crippen molar-refractivity contribution in [1.29, 1.82) is 0 Å². The lowest BCUT2D eigenvalue weighted by Gasteiger charge is -2.38. The van der Waals surface area contributed by atoms with E-state index in [1.54, 1.807) is 29.2 Å². The molecule has 2 aromatic rings. The Balaban J connectivity index is 1.66. The standard InChI is InChI=1S/C24H30F3N3O4S/c1-34-15-14-30(23(31)28-20-8-5-7-19(16-20)24(25,26)27)21-10-12-29(13-11-21)17-18-6-3-4-9-22(18)35(2,32)33/h3-9,16,21H,10-15,17H2,1-2H3,(H,28,31). The first kappa shape index (κ1) is 27.0. The first-order chi connectivity index (χ1) is 16.5. The number of carbonyl (C=O) groups excluding carboxylic acids is 1. The fourth-order valence-corrected chi connectivity index (χ4v) is 5.17. The average molecular weight is 514 g/mol. The quantitative estimate of drug-likeness (QED) is 0.571. The van der Waals surface area contributed by atoms with E-state index in [4.69, 9.17) is 4.74 Å². The maximum atomic E-state index is 13.0. The van der Waals surface area contributed by atoms with Crippen molar-refractivity contribution < 1.29 is 31.1 Å². The summed E-state index contributed by atoms with van der Waals surface area (Å²) in [6, 6.07) is 10.8. The van der Waals surface area contributed by atoms with Crippen LogP contribution in [-0.2, 0) is 27.3 Å². The molecular weight excluding hydrogens is 483 g/mol. The van der Waals surface area contributed by atoms with Crippen LogP contribution in [0.25, 0.3) is 0 Å². The number of nitrogens with one attached hydrogen (secondary N) is 1. The number of halogens is 3. The Morgan fingerprint density at radius 1 is 1.14 bits per heavy atom. The minimum absolute atomic E-state index is 0.0714. The van der Waals surface area contributed by atoms with Gasteiger partial charge in [-0.2, -0.15) is 13.2 Å². The lowest BCUT2D eigenvalue weighted by Crippen LogP contribution is -2.49. The number of sulfone groups is 1. The van der Waals surface area contributed by atoms with Crippen molar-refractivity contribution >= 4 is 21.6 Å². The summed E-state index contributed by atoms with van der Waals surface area (Å²) in [5, 5.41) is 2.59. The van der Waals surface area contributed by atoms with Gasteiger partial charge < -0.3 is 15.0 Å². The minimum atomic E-state index is -4.50. The summed E-state index contributed by atoms with van der Waals surface area (Å²) < 4.78 is 68.4. The minimum Gasteiger partial charge on any atom is -0.383 e. The van der Waals surface area contributed by atoms with Crippen LogP contribution in [0.2, 0.25) is 0 Å². The largest absolute Gasteiger partial charge is 0.416 e. The first-order valence-corrected chi connectivity index (χ1v) is 13.1. The van der Waals surface area contributed by atoms with Crippen molar-refractivity contribution in [3.05, 3.63) is 59.7 Å². The fraction of sp³-hybridized carbons (Fsp3) is 0.458. The molecule has 2 aromatic carbocycles. The summed E-state index contributed by atoms with van der Waals surface area (Å²) in [6.07, 6.45) is -2.03. The third kappa shape index (κ3) is 7.42. The van der Waals surface area contributed by atoms with Crippen molar-refractivity contribution in [2.45, 2.75) is 36.5 Å². The van der Waals surface area contributed by atoms with Gasteiger partial charge in [0.15, 0.2) is 9.84 Å². The number of likely N-dealkylation sites (tertiary alicyclic amines) is 1. The lowest BCUT2D eigenvalue weighted by atomic mass is 10.0. The molecule has 1 N–H and O–H groups in total. The second kappa shape index (κ2) is 11.4. The molecule has 11 heteroatoms. The summed E-state index contributed by atoms with van der Waals surface area (Å²) in [6.45, 7) is 2.34. The molecule has 192 valence electrons. The summed E-state index contributed by atoms with van der Waals surface area (Å²) in [5.41, 5.74) is -0.0320. The van der Waals surface area contributed by atoms with Gasteiger partial charge in [0.1, 0.15) is 0 Å². The number of hydrogen-bond donors (Lipinski definition) is 1. The van der Waals surface area contributed by atoms with Gasteiger partial charge in [-0.05, 0) is 42.7 Å². The second-order valence-electron chi connectivity index (χ2n) is 8.58. The molecule has 1 aliphatic heterocycles. The molecule has 0 saturated carbocycles.